The average molecular weight is 436 g/mol. The van der Waals surface area contributed by atoms with E-state index in [2.05, 4.69) is 35.0 Å². The van der Waals surface area contributed by atoms with E-state index >= 15 is 0 Å². The molecule has 32 heavy (non-hydrogen) atoms. The lowest BCUT2D eigenvalue weighted by molar-refractivity contribution is -0.127. The summed E-state index contributed by atoms with van der Waals surface area (Å²) in [4.78, 5) is 18.9. The number of carbonyl (C=O) groups is 1. The van der Waals surface area contributed by atoms with Crippen molar-refractivity contribution < 1.29 is 9.18 Å². The van der Waals surface area contributed by atoms with E-state index in [9.17, 15) is 14.4 Å². The monoisotopic (exact) mass is 435 g/mol. The lowest BCUT2D eigenvalue weighted by Gasteiger charge is -2.36. The summed E-state index contributed by atoms with van der Waals surface area (Å²) >= 11 is 0. The minimum absolute atomic E-state index is 0.0763. The molecule has 2 aromatic rings. The first-order chi connectivity index (χ1) is 15.5. The first-order valence-electron chi connectivity index (χ1n) is 11.0. The zero-order valence-corrected chi connectivity index (χ0v) is 18.9. The third-order valence-corrected chi connectivity index (χ3v) is 5.82. The van der Waals surface area contributed by atoms with Gasteiger partial charge >= 0.3 is 0 Å². The van der Waals surface area contributed by atoms with E-state index in [-0.39, 0.29) is 17.3 Å². The SMILES string of the molecule is CCN(CC)c1ccc(N/C=C(/C#N)C(=O)N2CCN(c3ccc(F)cc3)CC2)c(C)c1. The summed E-state index contributed by atoms with van der Waals surface area (Å²) in [6.07, 6.45) is 1.49. The second kappa shape index (κ2) is 10.7. The van der Waals surface area contributed by atoms with Crippen molar-refractivity contribution in [2.24, 2.45) is 0 Å². The van der Waals surface area contributed by atoms with Crippen LogP contribution in [-0.4, -0.2) is 50.1 Å². The topological polar surface area (TPSA) is 62.6 Å². The number of nitriles is 1. The second-order valence-corrected chi connectivity index (χ2v) is 7.74. The number of benzene rings is 2. The van der Waals surface area contributed by atoms with Crippen LogP contribution in [0.25, 0.3) is 0 Å². The fourth-order valence-electron chi connectivity index (χ4n) is 3.88. The minimum Gasteiger partial charge on any atom is -0.372 e. The molecule has 1 aliphatic heterocycles. The summed E-state index contributed by atoms with van der Waals surface area (Å²) in [7, 11) is 0. The molecule has 1 aliphatic rings. The smallest absolute Gasteiger partial charge is 0.266 e. The molecule has 0 radical (unpaired) electrons. The van der Waals surface area contributed by atoms with Crippen molar-refractivity contribution in [3.05, 3.63) is 65.6 Å². The summed E-state index contributed by atoms with van der Waals surface area (Å²) in [6.45, 7) is 10.4. The maximum atomic E-state index is 13.1. The van der Waals surface area contributed by atoms with Crippen LogP contribution in [0.5, 0.6) is 0 Å². The lowest BCUT2D eigenvalue weighted by atomic mass is 10.1. The van der Waals surface area contributed by atoms with Gasteiger partial charge in [0.25, 0.3) is 5.91 Å². The van der Waals surface area contributed by atoms with Gasteiger partial charge in [-0.15, -0.1) is 0 Å². The number of anilines is 3. The van der Waals surface area contributed by atoms with Gasteiger partial charge in [0.2, 0.25) is 0 Å². The molecule has 0 aliphatic carbocycles. The Labute approximate surface area is 189 Å². The van der Waals surface area contributed by atoms with E-state index in [1.54, 1.807) is 17.0 Å². The molecule has 6 nitrogen and oxygen atoms in total. The molecule has 0 atom stereocenters. The predicted molar refractivity (Wildman–Crippen MR) is 127 cm³/mol. The molecule has 0 aromatic heterocycles. The maximum Gasteiger partial charge on any atom is 0.266 e. The lowest BCUT2D eigenvalue weighted by Crippen LogP contribution is -2.49. The van der Waals surface area contributed by atoms with Crippen LogP contribution in [0.3, 0.4) is 0 Å². The fraction of sp³-hybridized carbons (Fsp3) is 0.360. The first kappa shape index (κ1) is 23.1. The van der Waals surface area contributed by atoms with Crippen molar-refractivity contribution >= 4 is 23.0 Å². The maximum absolute atomic E-state index is 13.1. The van der Waals surface area contributed by atoms with Gasteiger partial charge in [0.1, 0.15) is 17.5 Å². The van der Waals surface area contributed by atoms with Crippen LogP contribution in [-0.2, 0) is 4.79 Å². The highest BCUT2D eigenvalue weighted by molar-refractivity contribution is 5.97. The predicted octanol–water partition coefficient (Wildman–Crippen LogP) is 4.15. The van der Waals surface area contributed by atoms with Crippen molar-refractivity contribution in [3.8, 4) is 6.07 Å². The van der Waals surface area contributed by atoms with Crippen molar-refractivity contribution in [1.82, 2.24) is 4.90 Å². The van der Waals surface area contributed by atoms with E-state index in [0.29, 0.717) is 26.2 Å². The van der Waals surface area contributed by atoms with Gasteiger partial charge in [-0.05, 0) is 68.8 Å². The van der Waals surface area contributed by atoms with E-state index < -0.39 is 0 Å². The third kappa shape index (κ3) is 5.38. The number of hydrogen-bond donors (Lipinski definition) is 1. The highest BCUT2D eigenvalue weighted by Gasteiger charge is 2.24. The molecule has 0 saturated carbocycles. The van der Waals surface area contributed by atoms with Gasteiger partial charge in [0.15, 0.2) is 0 Å². The van der Waals surface area contributed by atoms with Crippen molar-refractivity contribution in [2.75, 3.05) is 54.4 Å². The molecule has 1 amide bonds. The van der Waals surface area contributed by atoms with Gasteiger partial charge in [0.05, 0.1) is 0 Å². The quantitative estimate of drug-likeness (QED) is 0.523. The molecule has 0 spiro atoms. The Morgan fingerprint density at radius 3 is 2.34 bits per heavy atom. The normalized spacial score (nSPS) is 14.2. The van der Waals surface area contributed by atoms with Crippen molar-refractivity contribution in [3.63, 3.8) is 0 Å². The number of rotatable bonds is 7. The standard InChI is InChI=1S/C25H30FN5O/c1-4-29(5-2)23-10-11-24(19(3)16-23)28-18-20(17-27)25(32)31-14-12-30(13-15-31)22-8-6-21(26)7-9-22/h6-11,16,18,28H,4-5,12-15H2,1-3H3/b20-18-. The zero-order chi connectivity index (χ0) is 23.1. The molecule has 0 bridgehead atoms. The molecule has 3 rings (SSSR count). The van der Waals surface area contributed by atoms with Crippen LogP contribution in [0.15, 0.2) is 54.2 Å². The van der Waals surface area contributed by atoms with Crippen molar-refractivity contribution in [2.45, 2.75) is 20.8 Å². The van der Waals surface area contributed by atoms with E-state index in [1.807, 2.05) is 25.1 Å². The zero-order valence-electron chi connectivity index (χ0n) is 18.9. The highest BCUT2D eigenvalue weighted by atomic mass is 19.1. The Morgan fingerprint density at radius 2 is 1.78 bits per heavy atom. The van der Waals surface area contributed by atoms with E-state index in [0.717, 1.165) is 35.7 Å². The van der Waals surface area contributed by atoms with Crippen LogP contribution in [0.2, 0.25) is 0 Å². The summed E-state index contributed by atoms with van der Waals surface area (Å²) in [5, 5.41) is 12.7. The molecule has 1 fully saturated rings. The third-order valence-electron chi connectivity index (χ3n) is 5.82. The van der Waals surface area contributed by atoms with Gasteiger partial charge in [0, 0.05) is 62.5 Å². The molecule has 1 N–H and O–H groups in total. The van der Waals surface area contributed by atoms with Crippen LogP contribution in [0.4, 0.5) is 21.5 Å². The number of amides is 1. The van der Waals surface area contributed by atoms with Gasteiger partial charge in [-0.1, -0.05) is 0 Å². The van der Waals surface area contributed by atoms with E-state index in [4.69, 9.17) is 0 Å². The Morgan fingerprint density at radius 1 is 1.12 bits per heavy atom. The van der Waals surface area contributed by atoms with Gasteiger partial charge < -0.3 is 20.0 Å². The second-order valence-electron chi connectivity index (χ2n) is 7.74. The molecule has 1 heterocycles. The number of nitrogens with zero attached hydrogens (tertiary/aromatic N) is 4. The van der Waals surface area contributed by atoms with Crippen LogP contribution < -0.4 is 15.1 Å². The Bertz CT molecular complexity index is 1000. The largest absolute Gasteiger partial charge is 0.372 e. The molecule has 7 heteroatoms. The van der Waals surface area contributed by atoms with Gasteiger partial charge in [-0.25, -0.2) is 4.39 Å². The summed E-state index contributed by atoms with van der Waals surface area (Å²) in [5.74, 6) is -0.548. The first-order valence-corrected chi connectivity index (χ1v) is 11.0. The average Bonchev–Trinajstić information content (AvgIpc) is 2.82. The van der Waals surface area contributed by atoms with Crippen LogP contribution in [0.1, 0.15) is 19.4 Å². The van der Waals surface area contributed by atoms with Crippen LogP contribution >= 0.6 is 0 Å². The molecule has 1 saturated heterocycles. The summed E-state index contributed by atoms with van der Waals surface area (Å²) in [6, 6.07) is 14.5. The summed E-state index contributed by atoms with van der Waals surface area (Å²) < 4.78 is 13.1. The molecule has 2 aromatic carbocycles. The highest BCUT2D eigenvalue weighted by Crippen LogP contribution is 2.23. The van der Waals surface area contributed by atoms with Gasteiger partial charge in [-0.2, -0.15) is 5.26 Å². The molecule has 0 unspecified atom stereocenters. The van der Waals surface area contributed by atoms with Gasteiger partial charge in [-0.3, -0.25) is 4.79 Å². The minimum atomic E-state index is -0.281. The Hall–Kier alpha value is -3.53. The number of hydrogen-bond acceptors (Lipinski definition) is 5. The van der Waals surface area contributed by atoms with Crippen molar-refractivity contribution in [1.29, 1.82) is 5.26 Å². The Balaban J connectivity index is 1.62. The molecular formula is C25H30FN5O. The number of halogens is 1. The number of aryl methyl sites for hydroxylation is 1. The molecular weight excluding hydrogens is 405 g/mol. The number of nitrogens with one attached hydrogen (secondary N) is 1. The Kier molecular flexibility index (Phi) is 7.72. The number of piperazine rings is 1. The van der Waals surface area contributed by atoms with Crippen LogP contribution in [0, 0.1) is 24.1 Å². The summed E-state index contributed by atoms with van der Waals surface area (Å²) in [5.41, 5.74) is 4.07. The number of carbonyl (C=O) groups excluding carboxylic acids is 1. The molecule has 168 valence electrons. The fourth-order valence-corrected chi connectivity index (χ4v) is 3.88. The van der Waals surface area contributed by atoms with E-state index in [1.165, 1.54) is 18.3 Å².